The fourth-order valence-corrected chi connectivity index (χ4v) is 4.27. The molecule has 0 bridgehead atoms. The van der Waals surface area contributed by atoms with Gasteiger partial charge in [-0.1, -0.05) is 0 Å². The second-order valence-corrected chi connectivity index (χ2v) is 7.07. The average Bonchev–Trinajstić information content (AvgIpc) is 3.07. The molecule has 2 aliphatic rings. The Labute approximate surface area is 164 Å². The van der Waals surface area contributed by atoms with E-state index in [0.717, 1.165) is 22.0 Å². The zero-order chi connectivity index (χ0) is 19.6. The van der Waals surface area contributed by atoms with Crippen LogP contribution < -0.4 is 10.3 Å². The Bertz CT molecular complexity index is 1230. The van der Waals surface area contributed by atoms with Gasteiger partial charge in [-0.25, -0.2) is 9.78 Å². The van der Waals surface area contributed by atoms with E-state index in [1.54, 1.807) is 17.7 Å². The summed E-state index contributed by atoms with van der Waals surface area (Å²) in [6.07, 6.45) is -1.47. The fourth-order valence-electron chi connectivity index (χ4n) is 3.97. The van der Waals surface area contributed by atoms with Crippen molar-refractivity contribution in [2.24, 2.45) is 0 Å². The Hall–Kier alpha value is -2.90. The molecule has 1 N–H and O–H groups in total. The highest BCUT2D eigenvalue weighted by Crippen LogP contribution is 2.39. The number of rotatable bonds is 2. The molecule has 1 unspecified atom stereocenters. The lowest BCUT2D eigenvalue weighted by Crippen LogP contribution is -2.32. The number of methoxy groups -OCH3 is 1. The maximum Gasteiger partial charge on any atom is 0.340 e. The van der Waals surface area contributed by atoms with E-state index < -0.39 is 12.1 Å². The first-order valence-corrected chi connectivity index (χ1v) is 9.24. The van der Waals surface area contributed by atoms with Gasteiger partial charge in [0.2, 0.25) is 0 Å². The van der Waals surface area contributed by atoms with Crippen molar-refractivity contribution in [2.45, 2.75) is 25.1 Å². The van der Waals surface area contributed by atoms with Gasteiger partial charge in [0.15, 0.2) is 6.10 Å². The molecule has 1 aromatic carbocycles. The molecule has 0 radical (unpaired) electrons. The molecule has 7 nitrogen and oxygen atoms in total. The van der Waals surface area contributed by atoms with Gasteiger partial charge in [0, 0.05) is 22.4 Å². The molecule has 4 heterocycles. The standard InChI is InChI=1S/C20H15ClN2O5/c1-27-9-2-3-15-10(4-9)12(6-21)13-7-23-16(17(13)22-15)5-11-14(19(23)25)8-28-20(26)18(11)24/h2-5,18,24H,6-8H2,1H3. The van der Waals surface area contributed by atoms with Crippen LogP contribution in [0, 0.1) is 0 Å². The summed E-state index contributed by atoms with van der Waals surface area (Å²) >= 11 is 6.28. The van der Waals surface area contributed by atoms with Crippen LogP contribution in [0.4, 0.5) is 0 Å². The number of alkyl halides is 1. The predicted molar refractivity (Wildman–Crippen MR) is 101 cm³/mol. The topological polar surface area (TPSA) is 90.7 Å². The van der Waals surface area contributed by atoms with Crippen LogP contribution in [-0.2, 0) is 28.6 Å². The van der Waals surface area contributed by atoms with Crippen LogP contribution >= 0.6 is 11.6 Å². The molecule has 0 spiro atoms. The second-order valence-electron chi connectivity index (χ2n) is 6.80. The molecule has 2 aromatic heterocycles. The second kappa shape index (κ2) is 6.05. The minimum atomic E-state index is -1.47. The molecular weight excluding hydrogens is 384 g/mol. The molecular formula is C20H15ClN2O5. The molecule has 5 rings (SSSR count). The van der Waals surface area contributed by atoms with Crippen molar-refractivity contribution in [3.8, 4) is 17.1 Å². The molecule has 0 saturated carbocycles. The van der Waals surface area contributed by atoms with Gasteiger partial charge in [-0.2, -0.15) is 0 Å². The van der Waals surface area contributed by atoms with Gasteiger partial charge in [0.1, 0.15) is 12.4 Å². The number of aromatic nitrogens is 2. The quantitative estimate of drug-likeness (QED) is 0.411. The Balaban J connectivity index is 1.80. The van der Waals surface area contributed by atoms with Crippen LogP contribution in [0.25, 0.3) is 22.3 Å². The van der Waals surface area contributed by atoms with Crippen LogP contribution in [0.2, 0.25) is 0 Å². The Morgan fingerprint density at radius 3 is 2.89 bits per heavy atom. The predicted octanol–water partition coefficient (Wildman–Crippen LogP) is 2.26. The summed E-state index contributed by atoms with van der Waals surface area (Å²) in [5, 5.41) is 11.1. The molecule has 0 amide bonds. The third-order valence-electron chi connectivity index (χ3n) is 5.42. The lowest BCUT2D eigenvalue weighted by atomic mass is 9.99. The number of ether oxygens (including phenoxy) is 2. The number of carbonyl (C=O) groups is 1. The number of carbonyl (C=O) groups excluding carboxylic acids is 1. The van der Waals surface area contributed by atoms with E-state index in [-0.39, 0.29) is 23.6 Å². The first-order chi connectivity index (χ1) is 13.5. The Kier molecular flexibility index (Phi) is 3.72. The molecule has 2 aliphatic heterocycles. The lowest BCUT2D eigenvalue weighted by Gasteiger charge is -2.21. The van der Waals surface area contributed by atoms with Gasteiger partial charge in [0.05, 0.1) is 36.1 Å². The van der Waals surface area contributed by atoms with Crippen molar-refractivity contribution in [3.63, 3.8) is 0 Å². The first-order valence-electron chi connectivity index (χ1n) is 8.70. The van der Waals surface area contributed by atoms with E-state index >= 15 is 0 Å². The number of halogens is 1. The van der Waals surface area contributed by atoms with Crippen molar-refractivity contribution in [1.82, 2.24) is 9.55 Å². The van der Waals surface area contributed by atoms with Crippen LogP contribution in [0.3, 0.4) is 0 Å². The lowest BCUT2D eigenvalue weighted by molar-refractivity contribution is -0.157. The summed E-state index contributed by atoms with van der Waals surface area (Å²) in [6.45, 7) is 0.179. The monoisotopic (exact) mass is 398 g/mol. The third kappa shape index (κ3) is 2.23. The molecule has 0 saturated heterocycles. The van der Waals surface area contributed by atoms with E-state index in [1.165, 1.54) is 0 Å². The van der Waals surface area contributed by atoms with Crippen molar-refractivity contribution in [3.05, 3.63) is 56.9 Å². The minimum Gasteiger partial charge on any atom is -0.497 e. The van der Waals surface area contributed by atoms with Gasteiger partial charge in [0.25, 0.3) is 5.56 Å². The van der Waals surface area contributed by atoms with E-state index in [2.05, 4.69) is 0 Å². The highest BCUT2D eigenvalue weighted by atomic mass is 35.5. The number of benzene rings is 1. The van der Waals surface area contributed by atoms with Gasteiger partial charge < -0.3 is 19.1 Å². The summed E-state index contributed by atoms with van der Waals surface area (Å²) in [6, 6.07) is 7.20. The minimum absolute atomic E-state index is 0.143. The zero-order valence-corrected chi connectivity index (χ0v) is 15.6. The normalized spacial score (nSPS) is 17.1. The molecule has 142 valence electrons. The van der Waals surface area contributed by atoms with E-state index in [4.69, 9.17) is 26.1 Å². The smallest absolute Gasteiger partial charge is 0.340 e. The van der Waals surface area contributed by atoms with Crippen LogP contribution in [-0.4, -0.2) is 27.7 Å². The van der Waals surface area contributed by atoms with Crippen molar-refractivity contribution < 1.29 is 19.4 Å². The van der Waals surface area contributed by atoms with Crippen LogP contribution in [0.5, 0.6) is 5.75 Å². The SMILES string of the molecule is COc1ccc2nc3c(c(CCl)c2c1)Cn1c-3cc2c(c1=O)COC(=O)C2O. The number of esters is 1. The zero-order valence-electron chi connectivity index (χ0n) is 14.9. The summed E-state index contributed by atoms with van der Waals surface area (Å²) in [4.78, 5) is 29.5. The number of hydrogen-bond acceptors (Lipinski definition) is 6. The summed E-state index contributed by atoms with van der Waals surface area (Å²) in [5.74, 6) is 0.193. The first kappa shape index (κ1) is 17.2. The average molecular weight is 399 g/mol. The van der Waals surface area contributed by atoms with Crippen molar-refractivity contribution in [2.75, 3.05) is 7.11 Å². The molecule has 0 aliphatic carbocycles. The van der Waals surface area contributed by atoms with Crippen LogP contribution in [0.15, 0.2) is 29.1 Å². The Morgan fingerprint density at radius 1 is 1.32 bits per heavy atom. The van der Waals surface area contributed by atoms with Crippen molar-refractivity contribution in [1.29, 1.82) is 0 Å². The summed E-state index contributed by atoms with van der Waals surface area (Å²) < 4.78 is 11.8. The number of cyclic esters (lactones) is 1. The fraction of sp³-hybridized carbons (Fsp3) is 0.250. The van der Waals surface area contributed by atoms with Crippen LogP contribution in [0.1, 0.15) is 28.4 Å². The van der Waals surface area contributed by atoms with Gasteiger partial charge in [-0.3, -0.25) is 4.79 Å². The molecule has 8 heteroatoms. The summed E-state index contributed by atoms with van der Waals surface area (Å²) in [5.41, 5.74) is 3.96. The maximum absolute atomic E-state index is 13.0. The number of nitrogens with zero attached hydrogens (tertiary/aromatic N) is 2. The molecule has 28 heavy (non-hydrogen) atoms. The molecule has 0 fully saturated rings. The van der Waals surface area contributed by atoms with Crippen molar-refractivity contribution >= 4 is 28.5 Å². The number of aliphatic hydroxyl groups is 1. The van der Waals surface area contributed by atoms with Gasteiger partial charge >= 0.3 is 5.97 Å². The molecule has 1 atom stereocenters. The Morgan fingerprint density at radius 2 is 2.14 bits per heavy atom. The number of fused-ring (bicyclic) bond motifs is 5. The highest BCUT2D eigenvalue weighted by Gasteiger charge is 2.34. The third-order valence-corrected chi connectivity index (χ3v) is 5.68. The van der Waals surface area contributed by atoms with Gasteiger partial charge in [-0.05, 0) is 29.8 Å². The molecule has 3 aromatic rings. The van der Waals surface area contributed by atoms with E-state index in [0.29, 0.717) is 29.2 Å². The largest absolute Gasteiger partial charge is 0.497 e. The summed E-state index contributed by atoms with van der Waals surface area (Å²) in [7, 11) is 1.59. The van der Waals surface area contributed by atoms with E-state index in [9.17, 15) is 14.7 Å². The number of aliphatic hydroxyl groups excluding tert-OH is 1. The highest BCUT2D eigenvalue weighted by molar-refractivity contribution is 6.18. The number of hydrogen-bond donors (Lipinski definition) is 1. The maximum atomic E-state index is 13.0. The number of pyridine rings is 2. The van der Waals surface area contributed by atoms with E-state index in [1.807, 2.05) is 18.2 Å². The van der Waals surface area contributed by atoms with Gasteiger partial charge in [-0.15, -0.1) is 11.6 Å².